The number of nitrogens with zero attached hydrogens (tertiary/aromatic N) is 2. The van der Waals surface area contributed by atoms with E-state index in [0.717, 1.165) is 25.7 Å². The molecule has 1 aliphatic carbocycles. The van der Waals surface area contributed by atoms with Crippen molar-refractivity contribution in [3.05, 3.63) is 17.5 Å². The molecule has 1 aromatic rings. The Morgan fingerprint density at radius 3 is 2.39 bits per heavy atom. The Morgan fingerprint density at radius 1 is 1.11 bits per heavy atom. The topological polar surface area (TPSA) is 54.9 Å². The van der Waals surface area contributed by atoms with Crippen LogP contribution < -0.4 is 5.32 Å². The standard InChI is InChI=1S/C13H18ClN3O/c14-11-8-16-12(9-15-11)17-13(18)10-6-4-2-1-3-5-7-10/h8-10H,1-7H2,(H,16,17,18). The lowest BCUT2D eigenvalue weighted by Gasteiger charge is -2.18. The summed E-state index contributed by atoms with van der Waals surface area (Å²) in [5.74, 6) is 0.655. The fraction of sp³-hybridized carbons (Fsp3) is 0.615. The van der Waals surface area contributed by atoms with Gasteiger partial charge in [-0.25, -0.2) is 9.97 Å². The second-order valence-corrected chi connectivity index (χ2v) is 5.14. The fourth-order valence-corrected chi connectivity index (χ4v) is 2.42. The van der Waals surface area contributed by atoms with Crippen LogP contribution in [0.1, 0.15) is 44.9 Å². The number of carbonyl (C=O) groups excluding carboxylic acids is 1. The molecule has 1 aliphatic rings. The molecule has 1 aromatic heterocycles. The van der Waals surface area contributed by atoms with E-state index < -0.39 is 0 Å². The molecule has 4 nitrogen and oxygen atoms in total. The minimum atomic E-state index is 0.0634. The van der Waals surface area contributed by atoms with Crippen molar-refractivity contribution in [2.24, 2.45) is 5.92 Å². The normalized spacial score (nSPS) is 17.8. The first-order valence-electron chi connectivity index (χ1n) is 6.54. The van der Waals surface area contributed by atoms with Gasteiger partial charge in [0.2, 0.25) is 5.91 Å². The number of hydrogen-bond acceptors (Lipinski definition) is 3. The second kappa shape index (κ2) is 6.69. The first-order chi connectivity index (χ1) is 8.75. The summed E-state index contributed by atoms with van der Waals surface area (Å²) >= 11 is 5.65. The third-order valence-corrected chi connectivity index (χ3v) is 3.54. The molecule has 2 rings (SSSR count). The molecule has 0 unspecified atom stereocenters. The number of nitrogens with one attached hydrogen (secondary N) is 1. The number of halogens is 1. The molecule has 18 heavy (non-hydrogen) atoms. The maximum atomic E-state index is 12.1. The highest BCUT2D eigenvalue weighted by Crippen LogP contribution is 2.23. The fourth-order valence-electron chi connectivity index (χ4n) is 2.32. The van der Waals surface area contributed by atoms with Crippen LogP contribution in [-0.2, 0) is 4.79 Å². The van der Waals surface area contributed by atoms with Crippen LogP contribution in [0.3, 0.4) is 0 Å². The lowest BCUT2D eigenvalue weighted by atomic mass is 9.90. The van der Waals surface area contributed by atoms with Crippen molar-refractivity contribution < 1.29 is 4.79 Å². The number of carbonyl (C=O) groups is 1. The van der Waals surface area contributed by atoms with Gasteiger partial charge in [0.05, 0.1) is 12.4 Å². The van der Waals surface area contributed by atoms with Crippen molar-refractivity contribution in [1.29, 1.82) is 0 Å². The summed E-state index contributed by atoms with van der Waals surface area (Å²) in [5.41, 5.74) is 0. The van der Waals surface area contributed by atoms with E-state index in [2.05, 4.69) is 15.3 Å². The molecular formula is C13H18ClN3O. The molecule has 1 heterocycles. The van der Waals surface area contributed by atoms with Gasteiger partial charge >= 0.3 is 0 Å². The molecule has 0 atom stereocenters. The predicted molar refractivity (Wildman–Crippen MR) is 71.5 cm³/mol. The van der Waals surface area contributed by atoms with E-state index in [0.29, 0.717) is 11.0 Å². The van der Waals surface area contributed by atoms with Crippen LogP contribution in [0.5, 0.6) is 0 Å². The highest BCUT2D eigenvalue weighted by Gasteiger charge is 2.19. The monoisotopic (exact) mass is 267 g/mol. The summed E-state index contributed by atoms with van der Waals surface area (Å²) in [6.45, 7) is 0. The van der Waals surface area contributed by atoms with Gasteiger partial charge in [-0.2, -0.15) is 0 Å². The molecule has 1 saturated carbocycles. The maximum Gasteiger partial charge on any atom is 0.228 e. The first-order valence-corrected chi connectivity index (χ1v) is 6.92. The molecule has 1 fully saturated rings. The van der Waals surface area contributed by atoms with Crippen LogP contribution in [0, 0.1) is 5.92 Å². The summed E-state index contributed by atoms with van der Waals surface area (Å²) in [4.78, 5) is 20.0. The summed E-state index contributed by atoms with van der Waals surface area (Å²) in [6, 6.07) is 0. The van der Waals surface area contributed by atoms with Crippen molar-refractivity contribution in [3.63, 3.8) is 0 Å². The smallest absolute Gasteiger partial charge is 0.228 e. The highest BCUT2D eigenvalue weighted by atomic mass is 35.5. The summed E-state index contributed by atoms with van der Waals surface area (Å²) < 4.78 is 0. The number of hydrogen-bond donors (Lipinski definition) is 1. The highest BCUT2D eigenvalue weighted by molar-refractivity contribution is 6.29. The lowest BCUT2D eigenvalue weighted by Crippen LogP contribution is -2.24. The Kier molecular flexibility index (Phi) is 4.93. The van der Waals surface area contributed by atoms with Gasteiger partial charge in [0.25, 0.3) is 0 Å². The second-order valence-electron chi connectivity index (χ2n) is 4.76. The van der Waals surface area contributed by atoms with Crippen LogP contribution in [-0.4, -0.2) is 15.9 Å². The predicted octanol–water partition coefficient (Wildman–Crippen LogP) is 3.43. The van der Waals surface area contributed by atoms with Crippen molar-refractivity contribution in [3.8, 4) is 0 Å². The minimum absolute atomic E-state index is 0.0634. The average Bonchev–Trinajstić information content (AvgIpc) is 2.31. The minimum Gasteiger partial charge on any atom is -0.309 e. The van der Waals surface area contributed by atoms with Gasteiger partial charge in [-0.15, -0.1) is 0 Å². The quantitative estimate of drug-likeness (QED) is 0.893. The number of rotatable bonds is 2. The Balaban J connectivity index is 1.91. The van der Waals surface area contributed by atoms with Crippen molar-refractivity contribution in [2.45, 2.75) is 44.9 Å². The van der Waals surface area contributed by atoms with Crippen LogP contribution in [0.2, 0.25) is 5.15 Å². The largest absolute Gasteiger partial charge is 0.309 e. The van der Waals surface area contributed by atoms with Gasteiger partial charge in [-0.3, -0.25) is 4.79 Å². The zero-order chi connectivity index (χ0) is 12.8. The van der Waals surface area contributed by atoms with Crippen molar-refractivity contribution >= 4 is 23.3 Å². The van der Waals surface area contributed by atoms with Crippen LogP contribution >= 0.6 is 11.6 Å². The Labute approximate surface area is 112 Å². The van der Waals surface area contributed by atoms with E-state index in [1.54, 1.807) is 0 Å². The molecule has 1 N–H and O–H groups in total. The van der Waals surface area contributed by atoms with E-state index in [1.807, 2.05) is 0 Å². The average molecular weight is 268 g/mol. The summed E-state index contributed by atoms with van der Waals surface area (Å²) in [7, 11) is 0. The third kappa shape index (κ3) is 3.95. The summed E-state index contributed by atoms with van der Waals surface area (Å²) in [5, 5.41) is 3.15. The van der Waals surface area contributed by atoms with Gasteiger partial charge in [-0.1, -0.05) is 43.7 Å². The molecular weight excluding hydrogens is 250 g/mol. The van der Waals surface area contributed by atoms with Gasteiger partial charge in [-0.05, 0) is 12.8 Å². The van der Waals surface area contributed by atoms with Gasteiger partial charge in [0, 0.05) is 5.92 Å². The van der Waals surface area contributed by atoms with Crippen LogP contribution in [0.4, 0.5) is 5.82 Å². The molecule has 0 bridgehead atoms. The maximum absolute atomic E-state index is 12.1. The molecule has 0 spiro atoms. The zero-order valence-corrected chi connectivity index (χ0v) is 11.1. The SMILES string of the molecule is O=C(Nc1cnc(Cl)cn1)C1CCCCCCC1. The molecule has 0 aliphatic heterocycles. The van der Waals surface area contributed by atoms with E-state index in [9.17, 15) is 4.79 Å². The van der Waals surface area contributed by atoms with E-state index in [4.69, 9.17) is 11.6 Å². The summed E-state index contributed by atoms with van der Waals surface area (Å²) in [6.07, 6.45) is 11.0. The molecule has 5 heteroatoms. The molecule has 98 valence electrons. The first kappa shape index (κ1) is 13.3. The molecule has 0 aromatic carbocycles. The van der Waals surface area contributed by atoms with Gasteiger partial charge in [0.1, 0.15) is 5.15 Å². The van der Waals surface area contributed by atoms with Crippen LogP contribution in [0.25, 0.3) is 0 Å². The van der Waals surface area contributed by atoms with Gasteiger partial charge in [0.15, 0.2) is 5.82 Å². The van der Waals surface area contributed by atoms with Crippen molar-refractivity contribution in [1.82, 2.24) is 9.97 Å². The van der Waals surface area contributed by atoms with E-state index >= 15 is 0 Å². The molecule has 0 radical (unpaired) electrons. The Hall–Kier alpha value is -1.16. The van der Waals surface area contributed by atoms with E-state index in [-0.39, 0.29) is 11.8 Å². The zero-order valence-electron chi connectivity index (χ0n) is 10.4. The number of aromatic nitrogens is 2. The van der Waals surface area contributed by atoms with Crippen molar-refractivity contribution in [2.75, 3.05) is 5.32 Å². The molecule has 0 saturated heterocycles. The van der Waals surface area contributed by atoms with E-state index in [1.165, 1.54) is 31.7 Å². The Morgan fingerprint density at radius 2 is 1.78 bits per heavy atom. The third-order valence-electron chi connectivity index (χ3n) is 3.35. The van der Waals surface area contributed by atoms with Crippen LogP contribution in [0.15, 0.2) is 12.4 Å². The number of anilines is 1. The van der Waals surface area contributed by atoms with Gasteiger partial charge < -0.3 is 5.32 Å². The molecule has 1 amide bonds. The Bertz CT molecular complexity index is 386. The number of amides is 1. The lowest BCUT2D eigenvalue weighted by molar-refractivity contribution is -0.120.